The minimum Gasteiger partial charge on any atom is -0.358 e. The molecule has 1 atom stereocenters. The highest BCUT2D eigenvalue weighted by Gasteiger charge is 2.33. The summed E-state index contributed by atoms with van der Waals surface area (Å²) in [5.41, 5.74) is 0. The van der Waals surface area contributed by atoms with Gasteiger partial charge in [-0.2, -0.15) is 14.4 Å². The monoisotopic (exact) mass is 363 g/mol. The third-order valence-corrected chi connectivity index (χ3v) is 5.05. The van der Waals surface area contributed by atoms with Crippen LogP contribution in [-0.2, 0) is 0 Å². The molecule has 4 heterocycles. The molecule has 1 aliphatic heterocycles. The number of imidazole rings is 1. The van der Waals surface area contributed by atoms with E-state index in [1.807, 2.05) is 19.0 Å². The van der Waals surface area contributed by atoms with E-state index in [2.05, 4.69) is 15.1 Å². The second kappa shape index (κ2) is 5.99. The number of hydrogen-bond acceptors (Lipinski definition) is 9. The van der Waals surface area contributed by atoms with Gasteiger partial charge in [0.05, 0.1) is 5.92 Å². The van der Waals surface area contributed by atoms with Gasteiger partial charge in [-0.05, 0) is 22.9 Å². The van der Waals surface area contributed by atoms with Gasteiger partial charge in [0.15, 0.2) is 0 Å². The fourth-order valence-electron chi connectivity index (χ4n) is 3.09. The maximum atomic E-state index is 11.5. The van der Waals surface area contributed by atoms with E-state index in [0.717, 1.165) is 19.4 Å². The summed E-state index contributed by atoms with van der Waals surface area (Å²) >= 11 is 1.38. The number of anilines is 2. The van der Waals surface area contributed by atoms with Crippen molar-refractivity contribution in [2.24, 2.45) is 0 Å². The van der Waals surface area contributed by atoms with E-state index in [9.17, 15) is 10.1 Å². The molecule has 3 aromatic heterocycles. The van der Waals surface area contributed by atoms with Gasteiger partial charge in [0.25, 0.3) is 10.9 Å². The molecule has 1 fully saturated rings. The lowest BCUT2D eigenvalue weighted by atomic mass is 9.98. The fourth-order valence-corrected chi connectivity index (χ4v) is 3.79. The normalized spacial score (nSPS) is 18.0. The Morgan fingerprint density at radius 1 is 1.44 bits per heavy atom. The van der Waals surface area contributed by atoms with Crippen LogP contribution in [0.3, 0.4) is 0 Å². The molecule has 0 N–H and O–H groups in total. The number of aromatic nitrogens is 4. The zero-order valence-electron chi connectivity index (χ0n) is 13.8. The molecule has 11 heteroatoms. The zero-order valence-corrected chi connectivity index (χ0v) is 14.6. The first kappa shape index (κ1) is 15.8. The van der Waals surface area contributed by atoms with Crippen LogP contribution in [-0.4, -0.2) is 51.6 Å². The number of fused-ring (bicyclic) bond motifs is 1. The maximum Gasteiger partial charge on any atom is 0.373 e. The Hall–Kier alpha value is -2.69. The molecule has 132 valence electrons. The maximum absolute atomic E-state index is 11.5. The number of thiazole rings is 1. The third-order valence-electron chi connectivity index (χ3n) is 4.29. The van der Waals surface area contributed by atoms with Gasteiger partial charge in [-0.15, -0.1) is 0 Å². The van der Waals surface area contributed by atoms with E-state index < -0.39 is 0 Å². The Balaban J connectivity index is 1.64. The van der Waals surface area contributed by atoms with Gasteiger partial charge < -0.3 is 24.4 Å². The summed E-state index contributed by atoms with van der Waals surface area (Å²) in [5.74, 6) is 1.55. The highest BCUT2D eigenvalue weighted by atomic mass is 32.1. The van der Waals surface area contributed by atoms with E-state index in [1.54, 1.807) is 16.5 Å². The smallest absolute Gasteiger partial charge is 0.358 e. The van der Waals surface area contributed by atoms with E-state index >= 15 is 0 Å². The standard InChI is InChI=1S/C14H17N7O3S/c1-18(2)13-16-11(24-17-13)9-4-3-5-19(8-9)10-12(21(22)23)20-6-7-25-14(20)15-10/h6-7,9H,3-5,8H2,1-2H3. The lowest BCUT2D eigenvalue weighted by Crippen LogP contribution is -2.35. The quantitative estimate of drug-likeness (QED) is 0.513. The van der Waals surface area contributed by atoms with Crippen molar-refractivity contribution in [2.45, 2.75) is 18.8 Å². The van der Waals surface area contributed by atoms with E-state index in [1.165, 1.54) is 15.7 Å². The predicted octanol–water partition coefficient (Wildman–Crippen LogP) is 2.14. The molecule has 1 saturated heterocycles. The molecule has 0 saturated carbocycles. The van der Waals surface area contributed by atoms with Gasteiger partial charge in [-0.1, -0.05) is 11.3 Å². The van der Waals surface area contributed by atoms with Crippen molar-refractivity contribution in [1.29, 1.82) is 0 Å². The third kappa shape index (κ3) is 2.69. The lowest BCUT2D eigenvalue weighted by molar-refractivity contribution is -0.389. The Bertz CT molecular complexity index is 915. The van der Waals surface area contributed by atoms with Gasteiger partial charge >= 0.3 is 5.82 Å². The van der Waals surface area contributed by atoms with Crippen LogP contribution in [0.1, 0.15) is 24.7 Å². The molecule has 3 aromatic rings. The summed E-state index contributed by atoms with van der Waals surface area (Å²) in [7, 11) is 3.70. The zero-order chi connectivity index (χ0) is 17.6. The minimum atomic E-state index is -0.373. The summed E-state index contributed by atoms with van der Waals surface area (Å²) in [4.78, 5) is 24.4. The first-order valence-corrected chi connectivity index (χ1v) is 8.78. The summed E-state index contributed by atoms with van der Waals surface area (Å²) in [5, 5.41) is 17.3. The molecule has 0 radical (unpaired) electrons. The summed E-state index contributed by atoms with van der Waals surface area (Å²) in [6.45, 7) is 1.29. The van der Waals surface area contributed by atoms with Crippen LogP contribution in [0.15, 0.2) is 16.1 Å². The Morgan fingerprint density at radius 3 is 3.00 bits per heavy atom. The number of nitrogens with zero attached hydrogens (tertiary/aromatic N) is 7. The molecule has 0 spiro atoms. The van der Waals surface area contributed by atoms with E-state index in [-0.39, 0.29) is 16.7 Å². The van der Waals surface area contributed by atoms with Crippen LogP contribution in [0.5, 0.6) is 0 Å². The van der Waals surface area contributed by atoms with Gasteiger partial charge in [0, 0.05) is 32.6 Å². The van der Waals surface area contributed by atoms with Gasteiger partial charge in [-0.3, -0.25) is 0 Å². The van der Waals surface area contributed by atoms with Gasteiger partial charge in [0.1, 0.15) is 6.20 Å². The second-order valence-corrected chi connectivity index (χ2v) is 7.06. The van der Waals surface area contributed by atoms with Crippen LogP contribution >= 0.6 is 11.3 Å². The Morgan fingerprint density at radius 2 is 2.28 bits per heavy atom. The van der Waals surface area contributed by atoms with Crippen LogP contribution < -0.4 is 9.80 Å². The summed E-state index contributed by atoms with van der Waals surface area (Å²) < 4.78 is 6.91. The van der Waals surface area contributed by atoms with Gasteiger partial charge in [0.2, 0.25) is 11.7 Å². The van der Waals surface area contributed by atoms with Crippen molar-refractivity contribution in [1.82, 2.24) is 19.5 Å². The van der Waals surface area contributed by atoms with Crippen molar-refractivity contribution in [3.05, 3.63) is 27.6 Å². The molecule has 25 heavy (non-hydrogen) atoms. The van der Waals surface area contributed by atoms with Crippen molar-refractivity contribution in [3.8, 4) is 0 Å². The molecule has 1 aliphatic rings. The molecule has 0 amide bonds. The first-order chi connectivity index (χ1) is 12.0. The van der Waals surface area contributed by atoms with Crippen molar-refractivity contribution >= 4 is 33.9 Å². The highest BCUT2D eigenvalue weighted by Crippen LogP contribution is 2.35. The summed E-state index contributed by atoms with van der Waals surface area (Å²) in [6, 6.07) is 0. The van der Waals surface area contributed by atoms with Crippen LogP contribution in [0.2, 0.25) is 0 Å². The SMILES string of the molecule is CN(C)c1noc(C2CCCN(c3nc4sccn4c3[N+](=O)[O-])C2)n1. The molecular weight excluding hydrogens is 346 g/mol. The first-order valence-electron chi connectivity index (χ1n) is 7.90. The molecule has 0 aromatic carbocycles. The van der Waals surface area contributed by atoms with Crippen molar-refractivity contribution in [3.63, 3.8) is 0 Å². The number of piperidine rings is 1. The van der Waals surface area contributed by atoms with E-state index in [4.69, 9.17) is 4.52 Å². The highest BCUT2D eigenvalue weighted by molar-refractivity contribution is 7.15. The molecule has 10 nitrogen and oxygen atoms in total. The average molecular weight is 363 g/mol. The number of rotatable bonds is 4. The Kier molecular flexibility index (Phi) is 3.79. The van der Waals surface area contributed by atoms with Crippen molar-refractivity contribution in [2.75, 3.05) is 37.0 Å². The van der Waals surface area contributed by atoms with E-state index in [0.29, 0.717) is 29.2 Å². The second-order valence-electron chi connectivity index (χ2n) is 6.18. The van der Waals surface area contributed by atoms with Crippen LogP contribution in [0, 0.1) is 10.1 Å². The lowest BCUT2D eigenvalue weighted by Gasteiger charge is -2.30. The average Bonchev–Trinajstić information content (AvgIpc) is 3.29. The molecule has 1 unspecified atom stereocenters. The van der Waals surface area contributed by atoms with Gasteiger partial charge in [-0.25, -0.2) is 0 Å². The number of nitro groups is 1. The molecule has 0 aliphatic carbocycles. The topological polar surface area (TPSA) is 106 Å². The minimum absolute atomic E-state index is 0.0106. The Labute approximate surface area is 146 Å². The van der Waals surface area contributed by atoms with Crippen LogP contribution in [0.4, 0.5) is 17.6 Å². The molecular formula is C14H17N7O3S. The predicted molar refractivity (Wildman–Crippen MR) is 92.5 cm³/mol. The van der Waals surface area contributed by atoms with Crippen molar-refractivity contribution < 1.29 is 9.45 Å². The van der Waals surface area contributed by atoms with Crippen LogP contribution in [0.25, 0.3) is 4.96 Å². The molecule has 0 bridgehead atoms. The number of hydrogen-bond donors (Lipinski definition) is 0. The largest absolute Gasteiger partial charge is 0.373 e. The summed E-state index contributed by atoms with van der Waals surface area (Å²) in [6.07, 6.45) is 3.46. The molecule has 4 rings (SSSR count). The fraction of sp³-hybridized carbons (Fsp3) is 0.500.